The lowest BCUT2D eigenvalue weighted by Gasteiger charge is -2.32. The van der Waals surface area contributed by atoms with E-state index >= 15 is 0 Å². The van der Waals surface area contributed by atoms with Crippen LogP contribution in [0, 0.1) is 17.3 Å². The van der Waals surface area contributed by atoms with Crippen molar-refractivity contribution >= 4 is 12.6 Å². The monoisotopic (exact) mass is 276 g/mol. The van der Waals surface area contributed by atoms with Crippen molar-refractivity contribution in [2.75, 3.05) is 0 Å². The van der Waals surface area contributed by atoms with E-state index in [0.29, 0.717) is 24.0 Å². The van der Waals surface area contributed by atoms with Gasteiger partial charge in [0.15, 0.2) is 0 Å². The largest absolute Gasteiger partial charge is 0.499 e. The molecular formula is C14H18BFN2O2. The number of hydrogen-bond acceptors (Lipinski definition) is 4. The van der Waals surface area contributed by atoms with Gasteiger partial charge < -0.3 is 9.31 Å². The van der Waals surface area contributed by atoms with Gasteiger partial charge in [-0.1, -0.05) is 6.07 Å². The maximum atomic E-state index is 14.1. The summed E-state index contributed by atoms with van der Waals surface area (Å²) in [7, 11) is -0.752. The molecule has 4 nitrogen and oxygen atoms in total. The zero-order valence-corrected chi connectivity index (χ0v) is 12.2. The van der Waals surface area contributed by atoms with Crippen LogP contribution >= 0.6 is 0 Å². The smallest absolute Gasteiger partial charge is 0.399 e. The highest BCUT2D eigenvalue weighted by Crippen LogP contribution is 2.36. The second-order valence-corrected chi connectivity index (χ2v) is 5.93. The molecule has 1 aromatic heterocycles. The van der Waals surface area contributed by atoms with Crippen LogP contribution in [0.2, 0.25) is 0 Å². The van der Waals surface area contributed by atoms with Gasteiger partial charge in [-0.05, 0) is 33.8 Å². The highest BCUT2D eigenvalue weighted by atomic mass is 19.1. The summed E-state index contributed by atoms with van der Waals surface area (Å²) in [5.74, 6) is -0.598. The van der Waals surface area contributed by atoms with E-state index in [2.05, 4.69) is 4.98 Å². The fraction of sp³-hybridized carbons (Fsp3) is 0.571. The molecule has 0 aromatic carbocycles. The summed E-state index contributed by atoms with van der Waals surface area (Å²) in [5.41, 5.74) is -0.165. The molecule has 0 bridgehead atoms. The molecule has 6 heteroatoms. The Kier molecular flexibility index (Phi) is 3.85. The first-order valence-electron chi connectivity index (χ1n) is 6.65. The van der Waals surface area contributed by atoms with Crippen LogP contribution in [0.3, 0.4) is 0 Å². The van der Waals surface area contributed by atoms with Gasteiger partial charge in [0.1, 0.15) is 0 Å². The standard InChI is InChI=1S/C14H18BFN2O2/c1-13(2)14(3,4)20-15(19-13)11-8-7-10(6-5-9-17)18-12(11)16/h7-8H,5-6H2,1-4H3. The lowest BCUT2D eigenvalue weighted by Crippen LogP contribution is -2.41. The Morgan fingerprint density at radius 2 is 1.85 bits per heavy atom. The van der Waals surface area contributed by atoms with Gasteiger partial charge in [0.05, 0.1) is 17.3 Å². The highest BCUT2D eigenvalue weighted by Gasteiger charge is 2.52. The zero-order valence-electron chi connectivity index (χ0n) is 12.2. The number of rotatable bonds is 3. The van der Waals surface area contributed by atoms with Crippen LogP contribution in [0.25, 0.3) is 0 Å². The molecule has 0 unspecified atom stereocenters. The van der Waals surface area contributed by atoms with Crippen molar-refractivity contribution in [1.82, 2.24) is 4.98 Å². The number of nitrogens with zero attached hydrogens (tertiary/aromatic N) is 2. The van der Waals surface area contributed by atoms with E-state index in [0.717, 1.165) is 0 Å². The van der Waals surface area contributed by atoms with Crippen molar-refractivity contribution < 1.29 is 13.7 Å². The average molecular weight is 276 g/mol. The third kappa shape index (κ3) is 2.69. The van der Waals surface area contributed by atoms with E-state index in [1.54, 1.807) is 12.1 Å². The van der Waals surface area contributed by atoms with E-state index in [4.69, 9.17) is 14.6 Å². The van der Waals surface area contributed by atoms with E-state index in [9.17, 15) is 4.39 Å². The molecule has 0 N–H and O–H groups in total. The van der Waals surface area contributed by atoms with Gasteiger partial charge in [-0.15, -0.1) is 0 Å². The molecule has 1 aromatic rings. The number of hydrogen-bond donors (Lipinski definition) is 0. The molecule has 0 spiro atoms. The molecule has 1 aliphatic rings. The molecule has 106 valence electrons. The molecular weight excluding hydrogens is 258 g/mol. The molecule has 1 aliphatic heterocycles. The van der Waals surface area contributed by atoms with Crippen molar-refractivity contribution in [2.24, 2.45) is 0 Å². The predicted molar refractivity (Wildman–Crippen MR) is 73.8 cm³/mol. The topological polar surface area (TPSA) is 55.1 Å². The van der Waals surface area contributed by atoms with Crippen LogP contribution in [0.15, 0.2) is 12.1 Å². The second-order valence-electron chi connectivity index (χ2n) is 5.93. The van der Waals surface area contributed by atoms with Crippen molar-refractivity contribution in [3.05, 3.63) is 23.8 Å². The fourth-order valence-corrected chi connectivity index (χ4v) is 1.95. The van der Waals surface area contributed by atoms with Crippen molar-refractivity contribution in [3.63, 3.8) is 0 Å². The first kappa shape index (κ1) is 15.0. The molecule has 2 rings (SSSR count). The van der Waals surface area contributed by atoms with Gasteiger partial charge in [-0.25, -0.2) is 4.98 Å². The minimum Gasteiger partial charge on any atom is -0.399 e. The van der Waals surface area contributed by atoms with Crippen LogP contribution < -0.4 is 5.46 Å². The van der Waals surface area contributed by atoms with E-state index in [1.165, 1.54) is 0 Å². The van der Waals surface area contributed by atoms with Gasteiger partial charge in [0.2, 0.25) is 5.95 Å². The maximum Gasteiger partial charge on any atom is 0.499 e. The van der Waals surface area contributed by atoms with Crippen molar-refractivity contribution in [3.8, 4) is 6.07 Å². The summed E-state index contributed by atoms with van der Waals surface area (Å²) in [4.78, 5) is 3.87. The molecule has 0 saturated carbocycles. The lowest BCUT2D eigenvalue weighted by molar-refractivity contribution is 0.00578. The predicted octanol–water partition coefficient (Wildman–Crippen LogP) is 1.98. The molecule has 0 amide bonds. The van der Waals surface area contributed by atoms with Crippen molar-refractivity contribution in [2.45, 2.75) is 51.7 Å². The summed E-state index contributed by atoms with van der Waals surface area (Å²) in [5, 5.41) is 8.53. The van der Waals surface area contributed by atoms with E-state index in [1.807, 2.05) is 33.8 Å². The van der Waals surface area contributed by atoms with Gasteiger partial charge in [0, 0.05) is 24.0 Å². The Morgan fingerprint density at radius 3 is 2.35 bits per heavy atom. The molecule has 1 saturated heterocycles. The Hall–Kier alpha value is -1.45. The van der Waals surface area contributed by atoms with Crippen LogP contribution in [-0.4, -0.2) is 23.3 Å². The first-order valence-corrected chi connectivity index (χ1v) is 6.65. The lowest BCUT2D eigenvalue weighted by atomic mass is 9.80. The number of pyridine rings is 1. The Balaban J connectivity index is 2.21. The second kappa shape index (κ2) is 5.15. The SMILES string of the molecule is CC1(C)OB(c2ccc(CCC#N)nc2F)OC1(C)C. The van der Waals surface area contributed by atoms with Gasteiger partial charge in [-0.2, -0.15) is 9.65 Å². The summed E-state index contributed by atoms with van der Waals surface area (Å²) in [6.45, 7) is 7.67. The Morgan fingerprint density at radius 1 is 1.25 bits per heavy atom. The fourth-order valence-electron chi connectivity index (χ4n) is 1.95. The van der Waals surface area contributed by atoms with Crippen LogP contribution in [0.4, 0.5) is 4.39 Å². The molecule has 1 fully saturated rings. The third-order valence-corrected chi connectivity index (χ3v) is 3.94. The number of aryl methyl sites for hydroxylation is 1. The highest BCUT2D eigenvalue weighted by molar-refractivity contribution is 6.62. The molecule has 2 heterocycles. The summed E-state index contributed by atoms with van der Waals surface area (Å²) < 4.78 is 25.7. The summed E-state index contributed by atoms with van der Waals surface area (Å²) in [6.07, 6.45) is 0.763. The van der Waals surface area contributed by atoms with Crippen LogP contribution in [-0.2, 0) is 15.7 Å². The summed E-state index contributed by atoms with van der Waals surface area (Å²) >= 11 is 0. The minimum absolute atomic E-state index is 0.296. The first-order chi connectivity index (χ1) is 9.27. The molecule has 20 heavy (non-hydrogen) atoms. The third-order valence-electron chi connectivity index (χ3n) is 3.94. The zero-order chi connectivity index (χ0) is 15.0. The Labute approximate surface area is 119 Å². The van der Waals surface area contributed by atoms with Gasteiger partial charge in [-0.3, -0.25) is 0 Å². The normalized spacial score (nSPS) is 19.9. The van der Waals surface area contributed by atoms with E-state index < -0.39 is 24.3 Å². The quantitative estimate of drug-likeness (QED) is 0.625. The molecule has 0 radical (unpaired) electrons. The van der Waals surface area contributed by atoms with Crippen LogP contribution in [0.1, 0.15) is 39.8 Å². The van der Waals surface area contributed by atoms with Gasteiger partial charge in [0.25, 0.3) is 0 Å². The van der Waals surface area contributed by atoms with Gasteiger partial charge >= 0.3 is 7.12 Å². The maximum absolute atomic E-state index is 14.1. The molecule has 0 aliphatic carbocycles. The number of halogens is 1. The van der Waals surface area contributed by atoms with E-state index in [-0.39, 0.29) is 0 Å². The Bertz CT molecular complexity index is 539. The molecule has 0 atom stereocenters. The minimum atomic E-state index is -0.752. The number of nitriles is 1. The summed E-state index contributed by atoms with van der Waals surface area (Å²) in [6, 6.07) is 5.35. The average Bonchev–Trinajstić information content (AvgIpc) is 2.55. The van der Waals surface area contributed by atoms with Crippen LogP contribution in [0.5, 0.6) is 0 Å². The number of aromatic nitrogens is 1. The van der Waals surface area contributed by atoms with Crippen molar-refractivity contribution in [1.29, 1.82) is 5.26 Å².